The van der Waals surface area contributed by atoms with Gasteiger partial charge in [-0.15, -0.1) is 0 Å². The van der Waals surface area contributed by atoms with Crippen molar-refractivity contribution in [3.63, 3.8) is 0 Å². The number of hydrogen-bond donors (Lipinski definition) is 3. The van der Waals surface area contributed by atoms with Gasteiger partial charge in [-0.1, -0.05) is 0 Å². The Hall–Kier alpha value is -1.65. The zero-order chi connectivity index (χ0) is 23.1. The van der Waals surface area contributed by atoms with Crippen LogP contribution in [0.5, 0.6) is 0 Å². The Morgan fingerprint density at radius 1 is 1.10 bits per heavy atom. The number of carboxylic acids is 1. The summed E-state index contributed by atoms with van der Waals surface area (Å²) in [5.74, 6) is -2.42. The van der Waals surface area contributed by atoms with Gasteiger partial charge in [-0.3, -0.25) is 9.69 Å². The number of hydrogen-bond acceptors (Lipinski definition) is 6. The van der Waals surface area contributed by atoms with Crippen LogP contribution in [0.2, 0.25) is 0 Å². The van der Waals surface area contributed by atoms with Crippen LogP contribution >= 0.6 is 0 Å². The average Bonchev–Trinajstić information content (AvgIpc) is 2.92. The Morgan fingerprint density at radius 3 is 1.83 bits per heavy atom. The molecule has 0 aliphatic carbocycles. The lowest BCUT2D eigenvalue weighted by Crippen LogP contribution is -2.46. The Morgan fingerprint density at radius 2 is 1.52 bits per heavy atom. The summed E-state index contributed by atoms with van der Waals surface area (Å²) in [6.45, 7) is 2.46. The van der Waals surface area contributed by atoms with E-state index in [4.69, 9.17) is 19.8 Å². The van der Waals surface area contributed by atoms with Crippen molar-refractivity contribution in [3.05, 3.63) is 0 Å². The van der Waals surface area contributed by atoms with Crippen molar-refractivity contribution in [2.75, 3.05) is 51.6 Å². The second-order valence-electron chi connectivity index (χ2n) is 5.32. The molecule has 2 aliphatic rings. The third-order valence-electron chi connectivity index (χ3n) is 3.32. The smallest absolute Gasteiger partial charge is 0.483 e. The van der Waals surface area contributed by atoms with Crippen molar-refractivity contribution in [2.45, 2.75) is 19.3 Å². The number of piperazine rings is 1. The van der Waals surface area contributed by atoms with Crippen LogP contribution in [0.3, 0.4) is 0 Å². The number of nitrogens with zero attached hydrogens (tertiary/aromatic N) is 2. The number of rotatable bonds is 3. The summed E-state index contributed by atoms with van der Waals surface area (Å²) in [4.78, 5) is 19.6. The summed E-state index contributed by atoms with van der Waals surface area (Å²) in [5, 5.41) is 17.3. The fraction of sp³-hybridized carbons (Fsp3) is 0.846. The van der Waals surface area contributed by atoms with Crippen LogP contribution in [0.4, 0.5) is 26.3 Å². The standard InChI is InChI=1S/C9H19N3O2S.C2HF3O2.CHF3.CH2O2/c13-15(14)9-1-4-12(15)8-7-11-5-2-10-3-6-11;3-2(4,5)1(6)7;2-1(3)4;2-1-3/h10H,1-9H2;(H,6,7);1H;1H,(H,2,3). The van der Waals surface area contributed by atoms with Crippen LogP contribution in [0, 0.1) is 0 Å². The van der Waals surface area contributed by atoms with Gasteiger partial charge in [0.15, 0.2) is 0 Å². The van der Waals surface area contributed by atoms with Gasteiger partial charge in [0.05, 0.1) is 5.75 Å². The van der Waals surface area contributed by atoms with Crippen LogP contribution in [-0.2, 0) is 19.6 Å². The fourth-order valence-corrected chi connectivity index (χ4v) is 3.65. The minimum Gasteiger partial charge on any atom is -0.483 e. The molecular weight excluding hydrogens is 440 g/mol. The number of sulfonamides is 1. The molecule has 2 rings (SSSR count). The molecule has 2 heterocycles. The monoisotopic (exact) mass is 463 g/mol. The van der Waals surface area contributed by atoms with Gasteiger partial charge in [0.25, 0.3) is 6.47 Å². The first-order valence-electron chi connectivity index (χ1n) is 7.99. The highest BCUT2D eigenvalue weighted by molar-refractivity contribution is 7.89. The quantitative estimate of drug-likeness (QED) is 0.407. The number of aliphatic carboxylic acids is 1. The predicted octanol–water partition coefficient (Wildman–Crippen LogP) is 0.440. The van der Waals surface area contributed by atoms with E-state index in [1.54, 1.807) is 4.31 Å². The third-order valence-corrected chi connectivity index (χ3v) is 5.28. The van der Waals surface area contributed by atoms with Crippen molar-refractivity contribution in [1.29, 1.82) is 0 Å². The van der Waals surface area contributed by atoms with Crippen molar-refractivity contribution >= 4 is 22.5 Å². The maximum absolute atomic E-state index is 11.5. The Bertz CT molecular complexity index is 555. The topological polar surface area (TPSA) is 127 Å². The minimum atomic E-state index is -5.08. The van der Waals surface area contributed by atoms with E-state index in [1.807, 2.05) is 0 Å². The number of carboxylic acid groups (broad SMARTS) is 2. The predicted molar refractivity (Wildman–Crippen MR) is 88.8 cm³/mol. The Kier molecular flexibility index (Phi) is 15.5. The van der Waals surface area contributed by atoms with E-state index in [-0.39, 0.29) is 6.47 Å². The number of alkyl halides is 6. The van der Waals surface area contributed by atoms with E-state index >= 15 is 0 Å². The molecular formula is C13H23F6N3O6S. The molecule has 16 heteroatoms. The number of carbonyl (C=O) groups is 2. The lowest BCUT2D eigenvalue weighted by atomic mass is 10.3. The first kappa shape index (κ1) is 29.6. The molecule has 2 saturated heterocycles. The van der Waals surface area contributed by atoms with Gasteiger partial charge in [0.2, 0.25) is 10.0 Å². The third kappa shape index (κ3) is 17.0. The van der Waals surface area contributed by atoms with E-state index in [1.165, 1.54) is 0 Å². The highest BCUT2D eigenvalue weighted by atomic mass is 32.2. The molecule has 29 heavy (non-hydrogen) atoms. The summed E-state index contributed by atoms with van der Waals surface area (Å²) in [5.41, 5.74) is 0. The van der Waals surface area contributed by atoms with Gasteiger partial charge in [0, 0.05) is 45.8 Å². The van der Waals surface area contributed by atoms with Gasteiger partial charge >= 0.3 is 18.8 Å². The summed E-state index contributed by atoms with van der Waals surface area (Å²) in [6.07, 6.45) is -4.29. The van der Waals surface area contributed by atoms with Gasteiger partial charge < -0.3 is 15.5 Å². The molecule has 0 bridgehead atoms. The molecule has 2 fully saturated rings. The molecule has 0 saturated carbocycles. The van der Waals surface area contributed by atoms with Crippen LogP contribution in [0.25, 0.3) is 0 Å². The van der Waals surface area contributed by atoms with E-state index in [2.05, 4.69) is 10.2 Å². The fourth-order valence-electron chi connectivity index (χ4n) is 2.13. The van der Waals surface area contributed by atoms with E-state index in [0.29, 0.717) is 18.8 Å². The number of nitrogens with one attached hydrogen (secondary N) is 1. The molecule has 0 unspecified atom stereocenters. The van der Waals surface area contributed by atoms with Crippen LogP contribution < -0.4 is 5.32 Å². The normalized spacial score (nSPS) is 19.0. The molecule has 0 aromatic carbocycles. The molecule has 2 aliphatic heterocycles. The molecule has 0 aromatic heterocycles. The Labute approximate surface area is 163 Å². The molecule has 0 spiro atoms. The molecule has 0 radical (unpaired) electrons. The maximum Gasteiger partial charge on any atom is 0.490 e. The highest BCUT2D eigenvalue weighted by Crippen LogP contribution is 2.13. The van der Waals surface area contributed by atoms with Crippen LogP contribution in [0.1, 0.15) is 6.42 Å². The first-order valence-corrected chi connectivity index (χ1v) is 9.60. The van der Waals surface area contributed by atoms with E-state index < -0.39 is 28.8 Å². The molecule has 174 valence electrons. The van der Waals surface area contributed by atoms with Gasteiger partial charge in [0.1, 0.15) is 0 Å². The van der Waals surface area contributed by atoms with Gasteiger partial charge in [-0.25, -0.2) is 17.5 Å². The van der Waals surface area contributed by atoms with Crippen molar-refractivity contribution in [2.24, 2.45) is 0 Å². The molecule has 0 atom stereocenters. The first-order chi connectivity index (χ1) is 13.3. The van der Waals surface area contributed by atoms with Crippen molar-refractivity contribution in [3.8, 4) is 0 Å². The number of halogens is 6. The van der Waals surface area contributed by atoms with Crippen molar-refractivity contribution in [1.82, 2.24) is 14.5 Å². The van der Waals surface area contributed by atoms with Crippen LogP contribution in [-0.4, -0.2) is 105 Å². The van der Waals surface area contributed by atoms with Crippen molar-refractivity contribution < 1.29 is 54.6 Å². The van der Waals surface area contributed by atoms with Gasteiger partial charge in [-0.2, -0.15) is 26.3 Å². The second-order valence-corrected chi connectivity index (χ2v) is 7.40. The molecule has 0 amide bonds. The van der Waals surface area contributed by atoms with Gasteiger partial charge in [-0.05, 0) is 6.42 Å². The second kappa shape index (κ2) is 15.2. The minimum absolute atomic E-state index is 0.250. The summed E-state index contributed by atoms with van der Waals surface area (Å²) >= 11 is 0. The van der Waals surface area contributed by atoms with E-state index in [0.717, 1.165) is 39.1 Å². The summed E-state index contributed by atoms with van der Waals surface area (Å²) < 4.78 is 85.4. The molecule has 3 N–H and O–H groups in total. The largest absolute Gasteiger partial charge is 0.490 e. The zero-order valence-electron chi connectivity index (χ0n) is 15.1. The summed E-state index contributed by atoms with van der Waals surface area (Å²) in [6, 6.07) is 0. The lowest BCUT2D eigenvalue weighted by Gasteiger charge is -2.28. The SMILES string of the molecule is FC(F)F.O=C(O)C(F)(F)F.O=CO.O=S1(=O)CCCN1CCN1CCNCC1. The lowest BCUT2D eigenvalue weighted by molar-refractivity contribution is -0.192. The molecule has 0 aromatic rings. The average molecular weight is 463 g/mol. The zero-order valence-corrected chi connectivity index (χ0v) is 15.9. The van der Waals surface area contributed by atoms with Crippen LogP contribution in [0.15, 0.2) is 0 Å². The Balaban J connectivity index is 0. The molecule has 9 nitrogen and oxygen atoms in total. The van der Waals surface area contributed by atoms with E-state index in [9.17, 15) is 34.8 Å². The maximum atomic E-state index is 11.5. The highest BCUT2D eigenvalue weighted by Gasteiger charge is 2.38. The summed E-state index contributed by atoms with van der Waals surface area (Å²) in [7, 11) is -2.90.